The molecule has 0 radical (unpaired) electrons. The van der Waals surface area contributed by atoms with E-state index in [1.165, 1.54) is 4.90 Å². The van der Waals surface area contributed by atoms with Crippen molar-refractivity contribution in [1.29, 1.82) is 0 Å². The molecule has 1 aromatic heterocycles. The molecule has 2 aromatic rings. The predicted molar refractivity (Wildman–Crippen MR) is 111 cm³/mol. The highest BCUT2D eigenvalue weighted by molar-refractivity contribution is 7.98. The van der Waals surface area contributed by atoms with Crippen molar-refractivity contribution in [1.82, 2.24) is 15.2 Å². The number of benzene rings is 1. The Morgan fingerprint density at radius 2 is 2.14 bits per heavy atom. The average molecular weight is 401 g/mol. The number of para-hydroxylation sites is 1. The third-order valence-electron chi connectivity index (χ3n) is 5.03. The van der Waals surface area contributed by atoms with E-state index in [2.05, 4.69) is 10.3 Å². The van der Waals surface area contributed by atoms with E-state index >= 15 is 0 Å². The third-order valence-corrected chi connectivity index (χ3v) is 5.68. The lowest BCUT2D eigenvalue weighted by molar-refractivity contribution is -0.133. The normalized spacial score (nSPS) is 17.5. The number of rotatable bonds is 7. The number of hydrogen-bond acceptors (Lipinski definition) is 6. The SMILES string of the molecule is CSCC[C@@H](NC(=O)c1ccnc2ccccc12)C(=O)N1CCC[C@H]1B(O)O. The maximum Gasteiger partial charge on any atom is 0.475 e. The molecule has 3 N–H and O–H groups in total. The van der Waals surface area contributed by atoms with Crippen LogP contribution < -0.4 is 5.32 Å². The zero-order chi connectivity index (χ0) is 20.1. The molecule has 9 heteroatoms. The second kappa shape index (κ2) is 9.40. The lowest BCUT2D eigenvalue weighted by atomic mass is 9.77. The van der Waals surface area contributed by atoms with Crippen LogP contribution in [0.15, 0.2) is 36.5 Å². The molecule has 2 amide bonds. The fourth-order valence-corrected chi connectivity index (χ4v) is 4.07. The molecule has 2 heterocycles. The summed E-state index contributed by atoms with van der Waals surface area (Å²) in [5.41, 5.74) is 1.18. The summed E-state index contributed by atoms with van der Waals surface area (Å²) < 4.78 is 0. The quantitative estimate of drug-likeness (QED) is 0.601. The highest BCUT2D eigenvalue weighted by Gasteiger charge is 2.39. The summed E-state index contributed by atoms with van der Waals surface area (Å²) in [6.45, 7) is 0.463. The molecule has 0 unspecified atom stereocenters. The molecule has 0 bridgehead atoms. The number of aromatic nitrogens is 1. The molecule has 0 aliphatic carbocycles. The number of fused-ring (bicyclic) bond motifs is 1. The van der Waals surface area contributed by atoms with Crippen LogP contribution in [0.5, 0.6) is 0 Å². The molecule has 1 saturated heterocycles. The molecule has 2 atom stereocenters. The summed E-state index contributed by atoms with van der Waals surface area (Å²) in [6, 6.07) is 8.29. The minimum absolute atomic E-state index is 0.267. The van der Waals surface area contributed by atoms with Crippen LogP contribution in [-0.4, -0.2) is 69.4 Å². The Morgan fingerprint density at radius 3 is 2.89 bits per heavy atom. The van der Waals surface area contributed by atoms with Gasteiger partial charge in [0.25, 0.3) is 5.91 Å². The molecule has 3 rings (SSSR count). The van der Waals surface area contributed by atoms with Crippen molar-refractivity contribution >= 4 is 41.6 Å². The third kappa shape index (κ3) is 4.48. The van der Waals surface area contributed by atoms with Gasteiger partial charge in [0.2, 0.25) is 5.91 Å². The fraction of sp³-hybridized carbons (Fsp3) is 0.421. The van der Waals surface area contributed by atoms with Crippen LogP contribution in [0, 0.1) is 0 Å². The topological polar surface area (TPSA) is 103 Å². The van der Waals surface area contributed by atoms with Gasteiger partial charge in [-0.1, -0.05) is 18.2 Å². The first-order valence-corrected chi connectivity index (χ1v) is 10.7. The van der Waals surface area contributed by atoms with Crippen LogP contribution in [0.1, 0.15) is 29.6 Å². The number of nitrogens with zero attached hydrogens (tertiary/aromatic N) is 2. The molecule has 148 valence electrons. The van der Waals surface area contributed by atoms with Crippen LogP contribution in [0.25, 0.3) is 10.9 Å². The molecular weight excluding hydrogens is 377 g/mol. The Kier molecular flexibility index (Phi) is 6.93. The first-order valence-electron chi connectivity index (χ1n) is 9.33. The van der Waals surface area contributed by atoms with E-state index in [1.54, 1.807) is 24.0 Å². The number of likely N-dealkylation sites (tertiary alicyclic amines) is 1. The van der Waals surface area contributed by atoms with Gasteiger partial charge in [-0.25, -0.2) is 0 Å². The van der Waals surface area contributed by atoms with Gasteiger partial charge in [0.15, 0.2) is 0 Å². The second-order valence-corrected chi connectivity index (χ2v) is 7.82. The van der Waals surface area contributed by atoms with E-state index in [4.69, 9.17) is 0 Å². The first kappa shape index (κ1) is 20.6. The minimum Gasteiger partial charge on any atom is -0.426 e. The van der Waals surface area contributed by atoms with E-state index in [0.29, 0.717) is 42.6 Å². The maximum atomic E-state index is 13.1. The van der Waals surface area contributed by atoms with Crippen molar-refractivity contribution < 1.29 is 19.6 Å². The van der Waals surface area contributed by atoms with Crippen molar-refractivity contribution in [3.63, 3.8) is 0 Å². The van der Waals surface area contributed by atoms with Gasteiger partial charge >= 0.3 is 7.12 Å². The molecule has 1 aromatic carbocycles. The van der Waals surface area contributed by atoms with Gasteiger partial charge in [0.05, 0.1) is 17.0 Å². The Bertz CT molecular complexity index is 846. The molecule has 1 fully saturated rings. The number of hydrogen-bond donors (Lipinski definition) is 3. The zero-order valence-electron chi connectivity index (χ0n) is 15.7. The first-order chi connectivity index (χ1) is 13.5. The summed E-state index contributed by atoms with van der Waals surface area (Å²) in [7, 11) is -1.58. The summed E-state index contributed by atoms with van der Waals surface area (Å²) >= 11 is 1.59. The predicted octanol–water partition coefficient (Wildman–Crippen LogP) is 1.09. The molecule has 0 saturated carbocycles. The average Bonchev–Trinajstić information content (AvgIpc) is 3.20. The van der Waals surface area contributed by atoms with Gasteiger partial charge < -0.3 is 20.3 Å². The highest BCUT2D eigenvalue weighted by Crippen LogP contribution is 2.21. The number of thioether (sulfide) groups is 1. The van der Waals surface area contributed by atoms with Crippen LogP contribution in [0.3, 0.4) is 0 Å². The van der Waals surface area contributed by atoms with Gasteiger partial charge in [-0.05, 0) is 43.4 Å². The lowest BCUT2D eigenvalue weighted by Gasteiger charge is -2.29. The number of carbonyl (C=O) groups excluding carboxylic acids is 2. The van der Waals surface area contributed by atoms with Crippen LogP contribution in [0.2, 0.25) is 0 Å². The summed E-state index contributed by atoms with van der Waals surface area (Å²) in [4.78, 5) is 31.8. The van der Waals surface area contributed by atoms with Crippen molar-refractivity contribution in [2.45, 2.75) is 31.2 Å². The molecule has 7 nitrogen and oxygen atoms in total. The molecular formula is C19H24BN3O4S. The van der Waals surface area contributed by atoms with E-state index in [0.717, 1.165) is 5.39 Å². The summed E-state index contributed by atoms with van der Waals surface area (Å²) in [5.74, 6) is -0.522. The van der Waals surface area contributed by atoms with E-state index in [9.17, 15) is 19.6 Å². The number of amides is 2. The monoisotopic (exact) mass is 401 g/mol. The van der Waals surface area contributed by atoms with E-state index in [-0.39, 0.29) is 11.8 Å². The number of nitrogens with one attached hydrogen (secondary N) is 1. The van der Waals surface area contributed by atoms with E-state index in [1.807, 2.05) is 30.5 Å². The Labute approximate surface area is 168 Å². The van der Waals surface area contributed by atoms with Crippen molar-refractivity contribution in [3.05, 3.63) is 42.1 Å². The van der Waals surface area contributed by atoms with Crippen molar-refractivity contribution in [2.75, 3.05) is 18.6 Å². The van der Waals surface area contributed by atoms with Crippen LogP contribution >= 0.6 is 11.8 Å². The summed E-state index contributed by atoms with van der Waals surface area (Å²) in [6.07, 6.45) is 5.25. The van der Waals surface area contributed by atoms with Crippen LogP contribution in [-0.2, 0) is 4.79 Å². The smallest absolute Gasteiger partial charge is 0.426 e. The zero-order valence-corrected chi connectivity index (χ0v) is 16.6. The molecule has 0 spiro atoms. The minimum atomic E-state index is -1.58. The second-order valence-electron chi connectivity index (χ2n) is 6.84. The largest absolute Gasteiger partial charge is 0.475 e. The lowest BCUT2D eigenvalue weighted by Crippen LogP contribution is -2.53. The Balaban J connectivity index is 1.82. The van der Waals surface area contributed by atoms with Gasteiger partial charge in [0, 0.05) is 18.1 Å². The molecule has 1 aliphatic heterocycles. The van der Waals surface area contributed by atoms with Gasteiger partial charge in [-0.2, -0.15) is 11.8 Å². The van der Waals surface area contributed by atoms with Gasteiger partial charge in [0.1, 0.15) is 6.04 Å². The van der Waals surface area contributed by atoms with Gasteiger partial charge in [-0.3, -0.25) is 14.6 Å². The van der Waals surface area contributed by atoms with Crippen molar-refractivity contribution in [2.24, 2.45) is 0 Å². The molecule has 28 heavy (non-hydrogen) atoms. The molecule has 1 aliphatic rings. The number of pyridine rings is 1. The summed E-state index contributed by atoms with van der Waals surface area (Å²) in [5, 5.41) is 22.7. The van der Waals surface area contributed by atoms with Crippen LogP contribution in [0.4, 0.5) is 0 Å². The standard InChI is InChI=1S/C19H24BN3O4S/c1-28-12-9-16(19(25)23-11-4-7-17(23)20(26)27)22-18(24)14-8-10-21-15-6-3-2-5-13(14)15/h2-3,5-6,8,10,16-17,26-27H,4,7,9,11-12H2,1H3,(H,22,24)/t16-,17+/m1/s1. The Hall–Kier alpha value is -2.10. The van der Waals surface area contributed by atoms with Crippen molar-refractivity contribution in [3.8, 4) is 0 Å². The Morgan fingerprint density at radius 1 is 1.36 bits per heavy atom. The number of carbonyl (C=O) groups is 2. The van der Waals surface area contributed by atoms with Gasteiger partial charge in [-0.15, -0.1) is 0 Å². The van der Waals surface area contributed by atoms with E-state index < -0.39 is 19.1 Å². The maximum absolute atomic E-state index is 13.1. The fourth-order valence-electron chi connectivity index (χ4n) is 3.60. The highest BCUT2D eigenvalue weighted by atomic mass is 32.2.